The van der Waals surface area contributed by atoms with Crippen LogP contribution >= 0.6 is 0 Å². The monoisotopic (exact) mass is 302 g/mol. The second kappa shape index (κ2) is 8.05. The van der Waals surface area contributed by atoms with Gasteiger partial charge in [-0.3, -0.25) is 4.55 Å². The van der Waals surface area contributed by atoms with Gasteiger partial charge in [-0.25, -0.2) is 13.1 Å². The summed E-state index contributed by atoms with van der Waals surface area (Å²) in [5.74, 6) is 0.690. The van der Waals surface area contributed by atoms with E-state index in [0.717, 1.165) is 19.5 Å². The van der Waals surface area contributed by atoms with Crippen LogP contribution in [0.3, 0.4) is 0 Å². The molecule has 1 heterocycles. The van der Waals surface area contributed by atoms with E-state index in [1.54, 1.807) is 0 Å². The Bertz CT molecular complexity index is 404. The van der Waals surface area contributed by atoms with Crippen LogP contribution in [0.25, 0.3) is 0 Å². The minimum atomic E-state index is -3.67. The molecule has 1 saturated heterocycles. The fraction of sp³-hybridized carbons (Fsp3) is 1.00. The molecule has 0 aromatic heterocycles. The van der Waals surface area contributed by atoms with Crippen LogP contribution in [0.15, 0.2) is 0 Å². The minimum absolute atomic E-state index is 0.587. The van der Waals surface area contributed by atoms with E-state index in [2.05, 4.69) is 10.0 Å². The molecule has 1 rings (SSSR count). The van der Waals surface area contributed by atoms with Gasteiger partial charge in [0.25, 0.3) is 10.1 Å². The topological polar surface area (TPSA) is 113 Å². The smallest absolute Gasteiger partial charge is 0.261 e. The average Bonchev–Trinajstić information content (AvgIpc) is 2.14. The fourth-order valence-corrected chi connectivity index (χ4v) is 2.11. The summed E-state index contributed by atoms with van der Waals surface area (Å²) in [6.45, 7) is 2.73. The number of rotatable bonds is 4. The van der Waals surface area contributed by atoms with E-state index in [9.17, 15) is 16.8 Å². The number of piperidine rings is 1. The van der Waals surface area contributed by atoms with Crippen molar-refractivity contribution in [1.29, 1.82) is 0 Å². The molecule has 0 bridgehead atoms. The maximum absolute atomic E-state index is 10.7. The quantitative estimate of drug-likeness (QED) is 0.599. The third-order valence-electron chi connectivity index (χ3n) is 2.38. The van der Waals surface area contributed by atoms with Gasteiger partial charge in [0.1, 0.15) is 0 Å². The SMILES string of the molecule is CS(=O)(=O)NCCC1CCNCC1.CS(=O)(=O)O. The molecule has 3 N–H and O–H groups in total. The van der Waals surface area contributed by atoms with Crippen molar-refractivity contribution in [3.63, 3.8) is 0 Å². The van der Waals surface area contributed by atoms with E-state index < -0.39 is 20.1 Å². The van der Waals surface area contributed by atoms with E-state index in [4.69, 9.17) is 4.55 Å². The van der Waals surface area contributed by atoms with Crippen LogP contribution in [0.5, 0.6) is 0 Å². The summed E-state index contributed by atoms with van der Waals surface area (Å²) < 4.78 is 49.9. The first kappa shape index (κ1) is 17.8. The van der Waals surface area contributed by atoms with Gasteiger partial charge in [-0.15, -0.1) is 0 Å². The predicted molar refractivity (Wildman–Crippen MR) is 70.5 cm³/mol. The van der Waals surface area contributed by atoms with Crippen LogP contribution in [0.4, 0.5) is 0 Å². The van der Waals surface area contributed by atoms with Crippen molar-refractivity contribution >= 4 is 20.1 Å². The van der Waals surface area contributed by atoms with Crippen molar-refractivity contribution in [2.24, 2.45) is 5.92 Å². The normalized spacial score (nSPS) is 17.9. The van der Waals surface area contributed by atoms with Crippen molar-refractivity contribution in [3.8, 4) is 0 Å². The third kappa shape index (κ3) is 15.8. The summed E-state index contributed by atoms with van der Waals surface area (Å²) in [6, 6.07) is 0. The number of sulfonamides is 1. The molecule has 110 valence electrons. The van der Waals surface area contributed by atoms with Crippen molar-refractivity contribution in [2.45, 2.75) is 19.3 Å². The van der Waals surface area contributed by atoms with Crippen molar-refractivity contribution in [1.82, 2.24) is 10.0 Å². The van der Waals surface area contributed by atoms with Crippen molar-refractivity contribution in [3.05, 3.63) is 0 Å². The summed E-state index contributed by atoms with van der Waals surface area (Å²) in [4.78, 5) is 0. The molecule has 0 aromatic rings. The Morgan fingerprint density at radius 3 is 2.00 bits per heavy atom. The molecule has 1 fully saturated rings. The lowest BCUT2D eigenvalue weighted by atomic mass is 9.95. The van der Waals surface area contributed by atoms with Gasteiger partial charge in [-0.05, 0) is 38.3 Å². The molecular weight excluding hydrogens is 280 g/mol. The van der Waals surface area contributed by atoms with Gasteiger partial charge in [-0.2, -0.15) is 8.42 Å². The molecule has 1 aliphatic heterocycles. The Morgan fingerprint density at radius 2 is 1.61 bits per heavy atom. The van der Waals surface area contributed by atoms with Gasteiger partial charge in [0.2, 0.25) is 10.0 Å². The first-order valence-corrected chi connectivity index (χ1v) is 9.39. The van der Waals surface area contributed by atoms with Crippen LogP contribution in [0.1, 0.15) is 19.3 Å². The lowest BCUT2D eigenvalue weighted by Gasteiger charge is -2.22. The maximum Gasteiger partial charge on any atom is 0.261 e. The van der Waals surface area contributed by atoms with Crippen LogP contribution in [-0.2, 0) is 20.1 Å². The summed E-state index contributed by atoms with van der Waals surface area (Å²) >= 11 is 0. The van der Waals surface area contributed by atoms with E-state index in [0.29, 0.717) is 18.7 Å². The highest BCUT2D eigenvalue weighted by atomic mass is 32.2. The van der Waals surface area contributed by atoms with Crippen LogP contribution in [-0.4, -0.2) is 53.5 Å². The van der Waals surface area contributed by atoms with Gasteiger partial charge < -0.3 is 5.32 Å². The molecule has 0 unspecified atom stereocenters. The Labute approximate surface area is 109 Å². The van der Waals surface area contributed by atoms with Gasteiger partial charge in [-0.1, -0.05) is 0 Å². The molecule has 0 saturated carbocycles. The molecule has 0 aliphatic carbocycles. The molecule has 18 heavy (non-hydrogen) atoms. The predicted octanol–water partition coefficient (Wildman–Crippen LogP) is -0.571. The zero-order chi connectivity index (χ0) is 14.2. The van der Waals surface area contributed by atoms with Crippen LogP contribution < -0.4 is 10.0 Å². The molecule has 1 aliphatic rings. The summed E-state index contributed by atoms with van der Waals surface area (Å²) in [7, 11) is -6.66. The lowest BCUT2D eigenvalue weighted by molar-refractivity contribution is 0.355. The highest BCUT2D eigenvalue weighted by molar-refractivity contribution is 7.88. The van der Waals surface area contributed by atoms with Crippen LogP contribution in [0, 0.1) is 5.92 Å². The number of nitrogens with one attached hydrogen (secondary N) is 2. The largest absolute Gasteiger partial charge is 0.317 e. The minimum Gasteiger partial charge on any atom is -0.317 e. The Kier molecular flexibility index (Phi) is 7.95. The van der Waals surface area contributed by atoms with Gasteiger partial charge in [0, 0.05) is 6.54 Å². The number of hydrogen-bond donors (Lipinski definition) is 3. The van der Waals surface area contributed by atoms with E-state index >= 15 is 0 Å². The van der Waals surface area contributed by atoms with Gasteiger partial charge in [0.15, 0.2) is 0 Å². The molecule has 0 spiro atoms. The summed E-state index contributed by atoms with van der Waals surface area (Å²) in [5.41, 5.74) is 0. The Hall–Kier alpha value is -0.220. The fourth-order valence-electron chi connectivity index (χ4n) is 1.62. The second-order valence-electron chi connectivity index (χ2n) is 4.38. The van der Waals surface area contributed by atoms with Crippen molar-refractivity contribution < 1.29 is 21.4 Å². The number of hydrogen-bond acceptors (Lipinski definition) is 5. The zero-order valence-corrected chi connectivity index (χ0v) is 12.3. The molecule has 7 nitrogen and oxygen atoms in total. The van der Waals surface area contributed by atoms with Crippen molar-refractivity contribution in [2.75, 3.05) is 32.1 Å². The highest BCUT2D eigenvalue weighted by Crippen LogP contribution is 2.14. The summed E-state index contributed by atoms with van der Waals surface area (Å²) in [5, 5.41) is 3.28. The highest BCUT2D eigenvalue weighted by Gasteiger charge is 2.12. The van der Waals surface area contributed by atoms with E-state index in [-0.39, 0.29) is 0 Å². The van der Waals surface area contributed by atoms with E-state index in [1.165, 1.54) is 19.1 Å². The first-order chi connectivity index (χ1) is 8.08. The lowest BCUT2D eigenvalue weighted by Crippen LogP contribution is -2.31. The molecule has 0 amide bonds. The maximum atomic E-state index is 10.7. The second-order valence-corrected chi connectivity index (χ2v) is 7.68. The molecule has 9 heteroatoms. The average molecular weight is 302 g/mol. The molecule has 0 radical (unpaired) electrons. The van der Waals surface area contributed by atoms with Gasteiger partial charge >= 0.3 is 0 Å². The third-order valence-corrected chi connectivity index (χ3v) is 3.10. The summed E-state index contributed by atoms with van der Waals surface area (Å²) in [6.07, 6.45) is 5.23. The molecular formula is C9H22N2O5S2. The first-order valence-electron chi connectivity index (χ1n) is 5.66. The standard InChI is InChI=1S/C8H18N2O2S.CH4O3S/c1-13(11,12)10-7-4-8-2-5-9-6-3-8;1-5(2,3)4/h8-10H,2-7H2,1H3;1H3,(H,2,3,4). The zero-order valence-electron chi connectivity index (χ0n) is 10.7. The molecule has 0 aromatic carbocycles. The van der Waals surface area contributed by atoms with E-state index in [1.807, 2.05) is 0 Å². The Morgan fingerprint density at radius 1 is 1.17 bits per heavy atom. The Balaban J connectivity index is 0.000000494. The molecule has 0 atom stereocenters. The van der Waals surface area contributed by atoms with Crippen LogP contribution in [0.2, 0.25) is 0 Å². The van der Waals surface area contributed by atoms with Gasteiger partial charge in [0.05, 0.1) is 12.5 Å².